The molecule has 2 aliphatic heterocycles. The number of rotatable bonds is 13. The Morgan fingerprint density at radius 3 is 2.79 bits per heavy atom. The lowest BCUT2D eigenvalue weighted by Gasteiger charge is -2.19. The van der Waals surface area contributed by atoms with Crippen LogP contribution in [0.25, 0.3) is 11.5 Å². The molecule has 1 aromatic heterocycles. The third-order valence-corrected chi connectivity index (χ3v) is 8.13. The second-order valence-corrected chi connectivity index (χ2v) is 11.1. The molecule has 1 saturated heterocycles. The number of hydrogen-bond donors (Lipinski definition) is 6. The Morgan fingerprint density at radius 1 is 1.38 bits per heavy atom. The van der Waals surface area contributed by atoms with Crippen molar-refractivity contribution in [3.8, 4) is 11.5 Å². The minimum absolute atomic E-state index is 0.00281. The molecule has 5 unspecified atom stereocenters. The molecule has 3 heterocycles. The molecule has 2 aliphatic rings. The van der Waals surface area contributed by atoms with E-state index in [0.29, 0.717) is 40.8 Å². The Bertz CT molecular complexity index is 1360. The van der Waals surface area contributed by atoms with Crippen molar-refractivity contribution < 1.29 is 48.6 Å². The number of ether oxygens (including phenoxy) is 3. The Hall–Kier alpha value is -3.01. The van der Waals surface area contributed by atoms with E-state index in [1.807, 2.05) is 6.92 Å². The van der Waals surface area contributed by atoms with Crippen molar-refractivity contribution in [1.29, 1.82) is 0 Å². The van der Waals surface area contributed by atoms with Crippen molar-refractivity contribution in [2.75, 3.05) is 26.4 Å². The molecule has 0 spiro atoms. The molecule has 0 amide bonds. The predicted molar refractivity (Wildman–Crippen MR) is 156 cm³/mol. The van der Waals surface area contributed by atoms with Crippen LogP contribution in [0.4, 0.5) is 5.82 Å². The van der Waals surface area contributed by atoms with Crippen molar-refractivity contribution in [2.24, 2.45) is 10.7 Å². The van der Waals surface area contributed by atoms with Gasteiger partial charge in [0.1, 0.15) is 47.9 Å². The number of benzene rings is 1. The van der Waals surface area contributed by atoms with E-state index in [-0.39, 0.29) is 37.1 Å². The second kappa shape index (κ2) is 13.5. The number of aromatic nitrogens is 2. The highest BCUT2D eigenvalue weighted by molar-refractivity contribution is 7.48. The summed E-state index contributed by atoms with van der Waals surface area (Å²) in [7, 11) is -2.05. The van der Waals surface area contributed by atoms with Gasteiger partial charge in [0.05, 0.1) is 37.4 Å². The quantitative estimate of drug-likeness (QED) is 0.108. The number of nitrogens with zero attached hydrogens (tertiary/aromatic N) is 3. The van der Waals surface area contributed by atoms with Crippen LogP contribution in [-0.2, 0) is 31.7 Å². The van der Waals surface area contributed by atoms with Gasteiger partial charge in [0.2, 0.25) is 0 Å². The van der Waals surface area contributed by atoms with Crippen molar-refractivity contribution >= 4 is 39.0 Å². The maximum Gasteiger partial charge on any atom is 0.463 e. The minimum Gasteiger partial charge on any atom is -0.507 e. The third kappa shape index (κ3) is 6.33. The number of fused-ring (bicyclic) bond motifs is 1. The number of imidazole rings is 1. The largest absolute Gasteiger partial charge is 0.507 e. The zero-order chi connectivity index (χ0) is 30.7. The Morgan fingerprint density at radius 2 is 2.12 bits per heavy atom. The highest BCUT2D eigenvalue weighted by Gasteiger charge is 2.45. The number of aromatic hydroxyl groups is 1. The Balaban J connectivity index is 1.29. The summed E-state index contributed by atoms with van der Waals surface area (Å²) < 4.78 is 29.1. The van der Waals surface area contributed by atoms with Crippen molar-refractivity contribution in [1.82, 2.24) is 9.55 Å². The molecular weight excluding hydrogens is 570 g/mol. The molecule has 1 aromatic carbocycles. The van der Waals surface area contributed by atoms with Gasteiger partial charge in [-0.3, -0.25) is 4.57 Å². The van der Waals surface area contributed by atoms with Gasteiger partial charge in [-0.25, -0.2) is 9.98 Å². The highest BCUT2D eigenvalue weighted by Crippen LogP contribution is 2.45. The third-order valence-electron chi connectivity index (χ3n) is 7.06. The summed E-state index contributed by atoms with van der Waals surface area (Å²) >= 11 is 0. The van der Waals surface area contributed by atoms with E-state index < -0.39 is 40.0 Å². The van der Waals surface area contributed by atoms with Gasteiger partial charge in [0.25, 0.3) is 0 Å². The normalized spacial score (nSPS) is 22.4. The topological polar surface area (TPSA) is 203 Å². The smallest absolute Gasteiger partial charge is 0.463 e. The van der Waals surface area contributed by atoms with Gasteiger partial charge in [-0.1, -0.05) is 13.2 Å². The summed E-state index contributed by atoms with van der Waals surface area (Å²) in [6.45, 7) is 11.1. The highest BCUT2D eigenvalue weighted by atomic mass is 31.2. The molecule has 16 heteroatoms. The molecule has 14 nitrogen and oxygen atoms in total. The number of aliphatic hydroxyl groups excluding tert-OH is 2. The van der Waals surface area contributed by atoms with Gasteiger partial charge in [-0.15, -0.1) is 0 Å². The molecule has 0 saturated carbocycles. The maximum absolute atomic E-state index is 10.8. The zero-order valence-corrected chi connectivity index (χ0v) is 24.5. The van der Waals surface area contributed by atoms with Crippen LogP contribution in [0.3, 0.4) is 0 Å². The van der Waals surface area contributed by atoms with Crippen LogP contribution in [0.5, 0.6) is 11.5 Å². The van der Waals surface area contributed by atoms with Gasteiger partial charge >= 0.3 is 7.12 Å². The average molecular weight is 606 g/mol. The fourth-order valence-electron chi connectivity index (χ4n) is 4.98. The Kier molecular flexibility index (Phi) is 10.3. The van der Waals surface area contributed by atoms with Crippen molar-refractivity contribution in [2.45, 2.75) is 51.4 Å². The monoisotopic (exact) mass is 606 g/mol. The lowest BCUT2D eigenvalue weighted by atomic mass is 9.94. The average Bonchev–Trinajstić information content (AvgIpc) is 3.62. The van der Waals surface area contributed by atoms with Gasteiger partial charge in [0, 0.05) is 30.4 Å². The van der Waals surface area contributed by atoms with Gasteiger partial charge in [-0.05, 0) is 19.4 Å². The summed E-state index contributed by atoms with van der Waals surface area (Å²) in [6.07, 6.45) is -1.65. The molecule has 5 atom stereocenters. The fourth-order valence-corrected chi connectivity index (χ4v) is 5.78. The fraction of sp³-hybridized carbons (Fsp3) is 0.462. The first-order valence-electron chi connectivity index (χ1n) is 13.1. The molecule has 2 aromatic rings. The summed E-state index contributed by atoms with van der Waals surface area (Å²) in [5, 5.41) is 42.3. The second-order valence-electron chi connectivity index (χ2n) is 9.74. The van der Waals surface area contributed by atoms with Gasteiger partial charge in [-0.2, -0.15) is 0 Å². The van der Waals surface area contributed by atoms with E-state index in [1.54, 1.807) is 6.92 Å². The number of nitrogens with two attached hydrogens (primary N) is 1. The Labute approximate surface area is 244 Å². The number of aliphatic imine (C=N–C) groups is 1. The number of phenolic OH excluding ortho intramolecular Hbond substituents is 1. The van der Waals surface area contributed by atoms with E-state index in [2.05, 4.69) is 23.1 Å². The van der Waals surface area contributed by atoms with Crippen LogP contribution in [0.1, 0.15) is 41.1 Å². The van der Waals surface area contributed by atoms with Crippen LogP contribution in [0.15, 0.2) is 24.5 Å². The van der Waals surface area contributed by atoms with E-state index in [1.165, 1.54) is 24.2 Å². The van der Waals surface area contributed by atoms with Crippen molar-refractivity contribution in [3.63, 3.8) is 0 Å². The summed E-state index contributed by atoms with van der Waals surface area (Å²) in [6, 6.07) is -0.250. The van der Waals surface area contributed by atoms with Crippen LogP contribution in [0.2, 0.25) is 0 Å². The molecule has 42 heavy (non-hydrogen) atoms. The van der Waals surface area contributed by atoms with Crippen LogP contribution >= 0.6 is 8.38 Å². The summed E-state index contributed by atoms with van der Waals surface area (Å²) in [5.74, 6) is 1.16. The standard InChI is InChI=1S/C26H36BN4O10P/c1-6-29-25-20(14(3)28)30-12-31(25)26-23(34)22(33)18(41-26)10-40-42(36)11-27(35)39-8-7-16-21(32)19-15(4)38-9-17(19)13(2)24(16)37-5/h6,12,18,22-23,26,32-36H,3-4,7-11,28H2,1-2,5H3/b29-6-. The maximum atomic E-state index is 10.8. The van der Waals surface area contributed by atoms with E-state index in [9.17, 15) is 25.2 Å². The summed E-state index contributed by atoms with van der Waals surface area (Å²) in [4.78, 5) is 18.8. The first kappa shape index (κ1) is 31.9. The lowest BCUT2D eigenvalue weighted by Crippen LogP contribution is -2.33. The van der Waals surface area contributed by atoms with Crippen LogP contribution in [-0.4, -0.2) is 92.8 Å². The lowest BCUT2D eigenvalue weighted by molar-refractivity contribution is -0.0481. The van der Waals surface area contributed by atoms with Crippen molar-refractivity contribution in [3.05, 3.63) is 47.4 Å². The van der Waals surface area contributed by atoms with E-state index >= 15 is 0 Å². The number of hydrogen-bond acceptors (Lipinski definition) is 13. The molecule has 0 aliphatic carbocycles. The van der Waals surface area contributed by atoms with Crippen LogP contribution < -0.4 is 10.5 Å². The first-order valence-corrected chi connectivity index (χ1v) is 14.5. The van der Waals surface area contributed by atoms with Gasteiger partial charge < -0.3 is 54.4 Å². The first-order chi connectivity index (χ1) is 20.0. The summed E-state index contributed by atoms with van der Waals surface area (Å²) in [5.41, 5.74) is 8.92. The van der Waals surface area contributed by atoms with E-state index in [4.69, 9.17) is 29.1 Å². The number of aliphatic hydroxyl groups is 2. The predicted octanol–water partition coefficient (Wildman–Crippen LogP) is 1.28. The zero-order valence-electron chi connectivity index (χ0n) is 23.6. The van der Waals surface area contributed by atoms with E-state index in [0.717, 1.165) is 11.1 Å². The molecule has 0 bridgehead atoms. The molecule has 0 radical (unpaired) electrons. The molecule has 7 N–H and O–H groups in total. The van der Waals surface area contributed by atoms with Gasteiger partial charge in [0.15, 0.2) is 20.4 Å². The van der Waals surface area contributed by atoms with Crippen LogP contribution in [0, 0.1) is 6.92 Å². The SMILES string of the molecule is C=C(N)c1ncn(C2OC(COP(O)CB(O)OCCc3c(O)c4c(c(C)c3OC)COC4=C)C(O)C2O)c1/N=C\C. The minimum atomic E-state index is -2.18. The molecular formula is C26H36BN4O10P. The molecule has 1 fully saturated rings. The number of methoxy groups -OCH3 is 1. The molecule has 228 valence electrons. The molecule has 4 rings (SSSR count). The number of phenols is 1.